The van der Waals surface area contributed by atoms with Crippen molar-refractivity contribution < 1.29 is 64.9 Å². The van der Waals surface area contributed by atoms with Gasteiger partial charge in [0, 0.05) is 0 Å². The highest BCUT2D eigenvalue weighted by molar-refractivity contribution is 5.20. The Morgan fingerprint density at radius 3 is 1.95 bits per heavy atom. The molecule has 318 valence electrons. The highest BCUT2D eigenvalue weighted by atomic mass is 16.8. The van der Waals surface area contributed by atoms with Crippen molar-refractivity contribution in [3.8, 4) is 0 Å². The van der Waals surface area contributed by atoms with Gasteiger partial charge in [0.2, 0.25) is 0 Å². The average molecular weight is 785 g/mol. The van der Waals surface area contributed by atoms with Crippen molar-refractivity contribution in [1.82, 2.24) is 0 Å². The molecule has 55 heavy (non-hydrogen) atoms. The van der Waals surface area contributed by atoms with Crippen LogP contribution < -0.4 is 0 Å². The molecule has 0 aromatic carbocycles. The van der Waals surface area contributed by atoms with Gasteiger partial charge in [-0.15, -0.1) is 0 Å². The van der Waals surface area contributed by atoms with Crippen molar-refractivity contribution in [2.24, 2.45) is 45.3 Å². The van der Waals surface area contributed by atoms with Gasteiger partial charge in [0.05, 0.1) is 31.0 Å². The fourth-order valence-electron chi connectivity index (χ4n) is 13.3. The van der Waals surface area contributed by atoms with Crippen LogP contribution in [0.4, 0.5) is 0 Å². The summed E-state index contributed by atoms with van der Waals surface area (Å²) < 4.78 is 24.4. The summed E-state index contributed by atoms with van der Waals surface area (Å²) in [5.74, 6) is 0.445. The molecule has 2 saturated heterocycles. The Kier molecular flexibility index (Phi) is 12.5. The Hall–Kier alpha value is -0.780. The van der Waals surface area contributed by atoms with E-state index < -0.39 is 97.8 Å². The largest absolute Gasteiger partial charge is 0.394 e. The molecule has 20 atom stereocenters. The summed E-state index contributed by atoms with van der Waals surface area (Å²) in [5, 5.41) is 97.4. The van der Waals surface area contributed by atoms with Crippen LogP contribution in [0.1, 0.15) is 113 Å². The lowest BCUT2D eigenvalue weighted by Gasteiger charge is -2.70. The molecule has 4 saturated carbocycles. The zero-order valence-electron chi connectivity index (χ0n) is 34.3. The van der Waals surface area contributed by atoms with Gasteiger partial charge in [-0.3, -0.25) is 0 Å². The van der Waals surface area contributed by atoms with Crippen molar-refractivity contribution in [1.29, 1.82) is 0 Å². The van der Waals surface area contributed by atoms with Crippen LogP contribution in [0.15, 0.2) is 11.6 Å². The third-order valence-electron chi connectivity index (χ3n) is 16.6. The van der Waals surface area contributed by atoms with E-state index in [-0.39, 0.29) is 39.9 Å². The molecule has 0 aromatic heterocycles. The van der Waals surface area contributed by atoms with Gasteiger partial charge in [-0.25, -0.2) is 0 Å². The van der Waals surface area contributed by atoms with Crippen LogP contribution in [-0.2, 0) is 18.9 Å². The van der Waals surface area contributed by atoms with Crippen molar-refractivity contribution >= 4 is 0 Å². The van der Waals surface area contributed by atoms with E-state index in [2.05, 4.69) is 54.5 Å². The topological polar surface area (TPSA) is 219 Å². The van der Waals surface area contributed by atoms with E-state index in [1.807, 2.05) is 6.92 Å². The molecule has 9 N–H and O–H groups in total. The molecule has 6 rings (SSSR count). The maximum absolute atomic E-state index is 12.2. The van der Waals surface area contributed by atoms with Gasteiger partial charge in [-0.1, -0.05) is 46.3 Å². The van der Waals surface area contributed by atoms with Crippen LogP contribution in [0.25, 0.3) is 0 Å². The van der Waals surface area contributed by atoms with Crippen LogP contribution in [0.3, 0.4) is 0 Å². The maximum Gasteiger partial charge on any atom is 0.187 e. The molecular weight excluding hydrogens is 712 g/mol. The minimum absolute atomic E-state index is 0.00798. The summed E-state index contributed by atoms with van der Waals surface area (Å²) in [4.78, 5) is 0. The van der Waals surface area contributed by atoms with Crippen molar-refractivity contribution in [3.63, 3.8) is 0 Å². The molecule has 13 heteroatoms. The van der Waals surface area contributed by atoms with E-state index in [0.29, 0.717) is 19.3 Å². The Balaban J connectivity index is 1.23. The fourth-order valence-corrected chi connectivity index (χ4v) is 13.3. The first-order chi connectivity index (χ1) is 25.6. The Bertz CT molecular complexity index is 1370. The number of allylic oxidation sites excluding steroid dienone is 2. The Morgan fingerprint density at radius 1 is 0.727 bits per heavy atom. The molecule has 6 fully saturated rings. The lowest BCUT2D eigenvalue weighted by atomic mass is 9.35. The Labute approximate surface area is 327 Å². The van der Waals surface area contributed by atoms with Crippen LogP contribution in [0.5, 0.6) is 0 Å². The van der Waals surface area contributed by atoms with Crippen molar-refractivity contribution in [2.75, 3.05) is 13.2 Å². The van der Waals surface area contributed by atoms with Gasteiger partial charge in [0.25, 0.3) is 0 Å². The SMILES string of the molecule is CC(C)=CCCC(C)(O)[C@H]1CC[C@]2(C)C1[C@H](O)CC1[C@@]3(C)CC[C@H](O[C@@H]4O[C@H](CO)[C@@H](O)[C@H](O)[C@H]4O[C@@H]4O[C@H](CO)[C@@H](O)[C@H](O)[C@H]4O)C(C)(C)C3CC[C@]12C. The van der Waals surface area contributed by atoms with Crippen molar-refractivity contribution in [3.05, 3.63) is 11.6 Å². The lowest BCUT2D eigenvalue weighted by Crippen LogP contribution is -2.68. The summed E-state index contributed by atoms with van der Waals surface area (Å²) >= 11 is 0. The molecule has 6 aliphatic rings. The maximum atomic E-state index is 12.2. The first kappa shape index (κ1) is 43.8. The first-order valence-electron chi connectivity index (χ1n) is 20.9. The first-order valence-corrected chi connectivity index (χ1v) is 20.9. The number of aliphatic hydroxyl groups excluding tert-OH is 8. The van der Waals surface area contributed by atoms with Crippen LogP contribution in [0.2, 0.25) is 0 Å². The van der Waals surface area contributed by atoms with E-state index in [1.165, 1.54) is 5.57 Å². The number of fused-ring (bicyclic) bond motifs is 5. The van der Waals surface area contributed by atoms with Crippen LogP contribution >= 0.6 is 0 Å². The van der Waals surface area contributed by atoms with Crippen LogP contribution in [0, 0.1) is 45.3 Å². The number of rotatable bonds is 10. The second-order valence-electron chi connectivity index (χ2n) is 20.1. The normalized spacial score (nSPS) is 52.0. The zero-order valence-corrected chi connectivity index (χ0v) is 34.3. The summed E-state index contributed by atoms with van der Waals surface area (Å²) in [7, 11) is 0. The predicted molar refractivity (Wildman–Crippen MR) is 201 cm³/mol. The third kappa shape index (κ3) is 7.20. The molecule has 2 aliphatic heterocycles. The molecule has 2 heterocycles. The molecule has 0 bridgehead atoms. The average Bonchev–Trinajstić information content (AvgIpc) is 3.50. The Morgan fingerprint density at radius 2 is 1.33 bits per heavy atom. The van der Waals surface area contributed by atoms with Gasteiger partial charge in [0.15, 0.2) is 12.6 Å². The molecule has 0 amide bonds. The molecule has 4 unspecified atom stereocenters. The fraction of sp³-hybridized carbons (Fsp3) is 0.952. The van der Waals surface area contributed by atoms with Gasteiger partial charge in [-0.05, 0) is 124 Å². The molecule has 0 spiro atoms. The molecule has 4 aliphatic carbocycles. The summed E-state index contributed by atoms with van der Waals surface area (Å²) in [6, 6.07) is 0. The van der Waals surface area contributed by atoms with Crippen LogP contribution in [-0.4, -0.2) is 138 Å². The van der Waals surface area contributed by atoms with E-state index in [9.17, 15) is 46.0 Å². The van der Waals surface area contributed by atoms with Crippen molar-refractivity contribution in [2.45, 2.75) is 192 Å². The quantitative estimate of drug-likeness (QED) is 0.115. The predicted octanol–water partition coefficient (Wildman–Crippen LogP) is 2.15. The highest BCUT2D eigenvalue weighted by Crippen LogP contribution is 2.76. The number of hydrogen-bond donors (Lipinski definition) is 9. The highest BCUT2D eigenvalue weighted by Gasteiger charge is 2.71. The van der Waals surface area contributed by atoms with E-state index >= 15 is 0 Å². The second-order valence-corrected chi connectivity index (χ2v) is 20.1. The third-order valence-corrected chi connectivity index (χ3v) is 16.6. The van der Waals surface area contributed by atoms with E-state index in [0.717, 1.165) is 38.5 Å². The smallest absolute Gasteiger partial charge is 0.187 e. The molecular formula is C42H72O13. The van der Waals surface area contributed by atoms with Gasteiger partial charge in [0.1, 0.15) is 48.8 Å². The molecule has 0 radical (unpaired) electrons. The molecule has 0 aromatic rings. The zero-order chi connectivity index (χ0) is 40.6. The number of aliphatic hydroxyl groups is 9. The number of ether oxygens (including phenoxy) is 4. The lowest BCUT2D eigenvalue weighted by molar-refractivity contribution is -0.378. The summed E-state index contributed by atoms with van der Waals surface area (Å²) in [5.41, 5.74) is -0.405. The molecule has 13 nitrogen and oxygen atoms in total. The van der Waals surface area contributed by atoms with Gasteiger partial charge < -0.3 is 64.9 Å². The second kappa shape index (κ2) is 15.7. The summed E-state index contributed by atoms with van der Waals surface area (Å²) in [6.45, 7) is 16.5. The monoisotopic (exact) mass is 784 g/mol. The summed E-state index contributed by atoms with van der Waals surface area (Å²) in [6.07, 6.45) is -6.48. The number of hydrogen-bond acceptors (Lipinski definition) is 13. The van der Waals surface area contributed by atoms with Gasteiger partial charge >= 0.3 is 0 Å². The van der Waals surface area contributed by atoms with E-state index in [1.54, 1.807) is 0 Å². The minimum Gasteiger partial charge on any atom is -0.394 e. The minimum atomic E-state index is -1.75. The van der Waals surface area contributed by atoms with E-state index in [4.69, 9.17) is 18.9 Å². The van der Waals surface area contributed by atoms with Gasteiger partial charge in [-0.2, -0.15) is 0 Å². The standard InChI is InChI=1S/C42H72O13/c1-21(2)10-9-14-42(8,51)22-11-16-41(7)29(22)23(45)18-27-39(5)15-13-28(38(3,4)26(39)12-17-40(27,41)6)54-37-35(33(49)31(47)25(20-44)53-37)55-36-34(50)32(48)30(46)24(19-43)52-36/h10,22-37,43-51H,9,11-20H2,1-8H3/t22-,23+,24+,25+,26?,27?,28-,29?,30+,31+,32-,33-,34+,35+,36-,37-,39-,40+,41+,42?/m0/s1.